The summed E-state index contributed by atoms with van der Waals surface area (Å²) in [6, 6.07) is 12.4. The minimum absolute atomic E-state index is 0.224. The molecule has 33 heavy (non-hydrogen) atoms. The number of carbonyl (C=O) groups is 1. The van der Waals surface area contributed by atoms with Crippen molar-refractivity contribution in [3.05, 3.63) is 53.2 Å². The number of rotatable bonds is 4. The van der Waals surface area contributed by atoms with Crippen LogP contribution in [-0.2, 0) is 17.6 Å². The van der Waals surface area contributed by atoms with Crippen molar-refractivity contribution in [2.24, 2.45) is 0 Å². The Morgan fingerprint density at radius 2 is 1.61 bits per heavy atom. The Labute approximate surface area is 197 Å². The van der Waals surface area contributed by atoms with Crippen LogP contribution in [0.25, 0.3) is 0 Å². The van der Waals surface area contributed by atoms with Crippen LogP contribution < -0.4 is 9.80 Å². The first kappa shape index (κ1) is 21.2. The third-order valence-corrected chi connectivity index (χ3v) is 8.57. The van der Waals surface area contributed by atoms with Gasteiger partial charge in [-0.1, -0.05) is 24.6 Å². The van der Waals surface area contributed by atoms with Gasteiger partial charge in [-0.05, 0) is 79.7 Å². The van der Waals surface area contributed by atoms with Crippen molar-refractivity contribution in [3.63, 3.8) is 0 Å². The van der Waals surface area contributed by atoms with Crippen LogP contribution in [-0.4, -0.2) is 54.6 Å². The number of pyridine rings is 1. The highest BCUT2D eigenvalue weighted by molar-refractivity contribution is 5.95. The summed E-state index contributed by atoms with van der Waals surface area (Å²) in [4.78, 5) is 23.7. The number of benzene rings is 1. The maximum atomic E-state index is 12.0. The van der Waals surface area contributed by atoms with E-state index in [1.807, 2.05) is 11.1 Å². The molecule has 0 atom stereocenters. The van der Waals surface area contributed by atoms with Gasteiger partial charge in [0.05, 0.1) is 11.9 Å². The standard InChI is InChI=1S/C28H36N4O/c33-28-5-2-14-32(28)26-8-9-27(29-20-26)31-17-11-22(12-18-31)23-7-6-21-10-15-30(25-3-1-4-25)16-13-24(21)19-23/h6-9,19-20,22,25H,1-5,10-18H2. The molecule has 2 aromatic rings. The van der Waals surface area contributed by atoms with Gasteiger partial charge in [0.15, 0.2) is 0 Å². The van der Waals surface area contributed by atoms with Gasteiger partial charge >= 0.3 is 0 Å². The van der Waals surface area contributed by atoms with Crippen molar-refractivity contribution in [2.45, 2.75) is 69.7 Å². The van der Waals surface area contributed by atoms with Gasteiger partial charge in [-0.3, -0.25) is 9.69 Å². The fourth-order valence-electron chi connectivity index (χ4n) is 6.22. The molecule has 1 aliphatic carbocycles. The molecule has 1 amide bonds. The van der Waals surface area contributed by atoms with E-state index in [9.17, 15) is 4.79 Å². The third kappa shape index (κ3) is 4.28. The van der Waals surface area contributed by atoms with Gasteiger partial charge in [0.2, 0.25) is 5.91 Å². The van der Waals surface area contributed by atoms with E-state index in [4.69, 9.17) is 4.98 Å². The molecule has 5 nitrogen and oxygen atoms in total. The number of piperidine rings is 1. The molecule has 1 saturated carbocycles. The number of carbonyl (C=O) groups excluding carboxylic acids is 1. The lowest BCUT2D eigenvalue weighted by molar-refractivity contribution is -0.117. The predicted molar refractivity (Wildman–Crippen MR) is 133 cm³/mol. The highest BCUT2D eigenvalue weighted by Gasteiger charge is 2.28. The van der Waals surface area contributed by atoms with E-state index in [2.05, 4.69) is 40.1 Å². The lowest BCUT2D eigenvalue weighted by atomic mass is 9.87. The zero-order chi connectivity index (χ0) is 22.2. The Hall–Kier alpha value is -2.40. The van der Waals surface area contributed by atoms with E-state index in [-0.39, 0.29) is 5.91 Å². The Kier molecular flexibility index (Phi) is 5.83. The van der Waals surface area contributed by atoms with E-state index < -0.39 is 0 Å². The lowest BCUT2D eigenvalue weighted by Gasteiger charge is -2.36. The van der Waals surface area contributed by atoms with Gasteiger partial charge in [-0.25, -0.2) is 4.98 Å². The summed E-state index contributed by atoms with van der Waals surface area (Å²) in [5, 5.41) is 0. The highest BCUT2D eigenvalue weighted by Crippen LogP contribution is 2.33. The summed E-state index contributed by atoms with van der Waals surface area (Å²) < 4.78 is 0. The molecule has 0 spiro atoms. The Balaban J connectivity index is 1.07. The van der Waals surface area contributed by atoms with Crippen molar-refractivity contribution in [3.8, 4) is 0 Å². The number of nitrogens with zero attached hydrogens (tertiary/aromatic N) is 4. The minimum Gasteiger partial charge on any atom is -0.357 e. The van der Waals surface area contributed by atoms with Crippen LogP contribution in [0.5, 0.6) is 0 Å². The molecule has 3 fully saturated rings. The predicted octanol–water partition coefficient (Wildman–Crippen LogP) is 4.55. The van der Waals surface area contributed by atoms with Gasteiger partial charge in [-0.15, -0.1) is 0 Å². The molecule has 4 heterocycles. The molecular formula is C28H36N4O. The van der Waals surface area contributed by atoms with Crippen molar-refractivity contribution < 1.29 is 4.79 Å². The fourth-order valence-corrected chi connectivity index (χ4v) is 6.22. The zero-order valence-electron chi connectivity index (χ0n) is 19.7. The first-order valence-corrected chi connectivity index (χ1v) is 13.1. The third-order valence-electron chi connectivity index (χ3n) is 8.57. The van der Waals surface area contributed by atoms with Gasteiger partial charge in [0.1, 0.15) is 5.82 Å². The first-order valence-electron chi connectivity index (χ1n) is 13.1. The van der Waals surface area contributed by atoms with Crippen molar-refractivity contribution in [2.75, 3.05) is 42.5 Å². The molecule has 0 bridgehead atoms. The average molecular weight is 445 g/mol. The minimum atomic E-state index is 0.224. The van der Waals surface area contributed by atoms with Crippen molar-refractivity contribution in [1.29, 1.82) is 0 Å². The topological polar surface area (TPSA) is 39.7 Å². The number of anilines is 2. The molecule has 1 aromatic carbocycles. The molecule has 2 saturated heterocycles. The second kappa shape index (κ2) is 9.09. The molecule has 1 aromatic heterocycles. The van der Waals surface area contributed by atoms with Crippen LogP contribution in [0, 0.1) is 0 Å². The SMILES string of the molecule is O=C1CCCN1c1ccc(N2CCC(c3ccc4c(c3)CCN(C3CCC3)CC4)CC2)nc1. The number of fused-ring (bicyclic) bond motifs is 1. The maximum absolute atomic E-state index is 12.0. The van der Waals surface area contributed by atoms with Gasteiger partial charge in [-0.2, -0.15) is 0 Å². The van der Waals surface area contributed by atoms with Gasteiger partial charge in [0.25, 0.3) is 0 Å². The maximum Gasteiger partial charge on any atom is 0.227 e. The second-order valence-corrected chi connectivity index (χ2v) is 10.4. The van der Waals surface area contributed by atoms with Crippen molar-refractivity contribution in [1.82, 2.24) is 9.88 Å². The molecule has 5 heteroatoms. The van der Waals surface area contributed by atoms with E-state index in [1.54, 1.807) is 16.7 Å². The summed E-state index contributed by atoms with van der Waals surface area (Å²) in [7, 11) is 0. The summed E-state index contributed by atoms with van der Waals surface area (Å²) in [6.07, 6.45) is 12.5. The van der Waals surface area contributed by atoms with Crippen LogP contribution >= 0.6 is 0 Å². The monoisotopic (exact) mass is 444 g/mol. The largest absolute Gasteiger partial charge is 0.357 e. The van der Waals surface area contributed by atoms with Crippen LogP contribution in [0.2, 0.25) is 0 Å². The number of aromatic nitrogens is 1. The van der Waals surface area contributed by atoms with Crippen LogP contribution in [0.1, 0.15) is 67.6 Å². The van der Waals surface area contributed by atoms with E-state index in [0.717, 1.165) is 43.6 Å². The molecule has 3 aliphatic heterocycles. The quantitative estimate of drug-likeness (QED) is 0.694. The molecular weight excluding hydrogens is 408 g/mol. The van der Waals surface area contributed by atoms with Crippen molar-refractivity contribution >= 4 is 17.4 Å². The first-order chi connectivity index (χ1) is 16.2. The number of hydrogen-bond acceptors (Lipinski definition) is 4. The lowest BCUT2D eigenvalue weighted by Crippen LogP contribution is -2.41. The normalized spacial score (nSPS) is 22.8. The second-order valence-electron chi connectivity index (χ2n) is 10.4. The summed E-state index contributed by atoms with van der Waals surface area (Å²) in [6.45, 7) is 5.40. The molecule has 4 aliphatic rings. The summed E-state index contributed by atoms with van der Waals surface area (Å²) in [5.74, 6) is 1.92. The number of hydrogen-bond donors (Lipinski definition) is 0. The van der Waals surface area contributed by atoms with Crippen LogP contribution in [0.4, 0.5) is 11.5 Å². The zero-order valence-corrected chi connectivity index (χ0v) is 19.7. The van der Waals surface area contributed by atoms with E-state index in [1.165, 1.54) is 58.0 Å². The molecule has 6 rings (SSSR count). The van der Waals surface area contributed by atoms with Crippen LogP contribution in [0.15, 0.2) is 36.5 Å². The Morgan fingerprint density at radius 3 is 2.27 bits per heavy atom. The molecule has 0 N–H and O–H groups in total. The van der Waals surface area contributed by atoms with Crippen LogP contribution in [0.3, 0.4) is 0 Å². The molecule has 0 unspecified atom stereocenters. The number of amides is 1. The average Bonchev–Trinajstić information content (AvgIpc) is 3.15. The fraction of sp³-hybridized carbons (Fsp3) is 0.571. The van der Waals surface area contributed by atoms with Gasteiger partial charge in [0, 0.05) is 45.2 Å². The van der Waals surface area contributed by atoms with E-state index in [0.29, 0.717) is 12.3 Å². The smallest absolute Gasteiger partial charge is 0.227 e. The Bertz CT molecular complexity index is 991. The Morgan fingerprint density at radius 1 is 0.788 bits per heavy atom. The van der Waals surface area contributed by atoms with E-state index >= 15 is 0 Å². The summed E-state index contributed by atoms with van der Waals surface area (Å²) in [5.41, 5.74) is 5.67. The molecule has 174 valence electrons. The highest BCUT2D eigenvalue weighted by atomic mass is 16.2. The molecule has 0 radical (unpaired) electrons. The van der Waals surface area contributed by atoms with Gasteiger partial charge < -0.3 is 9.80 Å². The summed E-state index contributed by atoms with van der Waals surface area (Å²) >= 11 is 0.